The van der Waals surface area contributed by atoms with Gasteiger partial charge in [0.2, 0.25) is 0 Å². The second-order valence-electron chi connectivity index (χ2n) is 7.31. The average molecular weight is 453 g/mol. The van der Waals surface area contributed by atoms with Crippen molar-refractivity contribution in [1.29, 1.82) is 0 Å². The van der Waals surface area contributed by atoms with Gasteiger partial charge in [-0.25, -0.2) is 4.52 Å². The maximum atomic E-state index is 14.9. The molecule has 0 fully saturated rings. The fraction of sp³-hybridized carbons (Fsp3) is 0.217. The fourth-order valence-corrected chi connectivity index (χ4v) is 3.38. The summed E-state index contributed by atoms with van der Waals surface area (Å²) in [6, 6.07) is 10.9. The summed E-state index contributed by atoms with van der Waals surface area (Å²) in [7, 11) is 0. The minimum absolute atomic E-state index is 0.105. The van der Waals surface area contributed by atoms with Crippen molar-refractivity contribution in [1.82, 2.24) is 24.9 Å². The van der Waals surface area contributed by atoms with Gasteiger partial charge in [-0.1, -0.05) is 12.1 Å². The number of nitrogens with zero attached hydrogens (tertiary/aromatic N) is 4. The van der Waals surface area contributed by atoms with Gasteiger partial charge in [-0.05, 0) is 37.3 Å². The molecule has 4 rings (SSSR count). The zero-order chi connectivity index (χ0) is 23.4. The Morgan fingerprint density at radius 1 is 1.18 bits per heavy atom. The lowest BCUT2D eigenvalue weighted by atomic mass is 10.1. The highest BCUT2D eigenvalue weighted by Gasteiger charge is 2.43. The zero-order valence-corrected chi connectivity index (χ0v) is 17.7. The highest BCUT2D eigenvalue weighted by Crippen LogP contribution is 2.30. The summed E-state index contributed by atoms with van der Waals surface area (Å²) in [5.41, 5.74) is 0.996. The predicted molar refractivity (Wildman–Crippen MR) is 115 cm³/mol. The van der Waals surface area contributed by atoms with E-state index in [0.717, 1.165) is 11.8 Å². The summed E-state index contributed by atoms with van der Waals surface area (Å²) in [6.07, 6.45) is 4.49. The molecular formula is C23H21F2N5O3. The van der Waals surface area contributed by atoms with Gasteiger partial charge in [0.1, 0.15) is 24.1 Å². The van der Waals surface area contributed by atoms with Crippen LogP contribution in [0.5, 0.6) is 5.75 Å². The lowest BCUT2D eigenvalue weighted by molar-refractivity contribution is -0.0602. The number of alkyl halides is 2. The molecule has 0 spiro atoms. The van der Waals surface area contributed by atoms with Crippen LogP contribution in [-0.2, 0) is 12.5 Å². The highest BCUT2D eigenvalue weighted by molar-refractivity contribution is 6.02. The third-order valence-corrected chi connectivity index (χ3v) is 5.05. The Morgan fingerprint density at radius 2 is 1.94 bits per heavy atom. The first-order chi connectivity index (χ1) is 15.9. The van der Waals surface area contributed by atoms with Crippen LogP contribution >= 0.6 is 0 Å². The molecule has 170 valence electrons. The van der Waals surface area contributed by atoms with Crippen LogP contribution < -0.4 is 10.1 Å². The number of rotatable bonds is 8. The maximum absolute atomic E-state index is 14.9. The topological polar surface area (TPSA) is 102 Å². The molecule has 4 heterocycles. The van der Waals surface area contributed by atoms with E-state index < -0.39 is 30.2 Å². The SMILES string of the molecule is Cc1nn2ccc(OCc3ccccn3)cc2c1C(=O)NC(CO)C(F)(F)c1ccccn1. The molecule has 0 radical (unpaired) electrons. The zero-order valence-electron chi connectivity index (χ0n) is 17.7. The molecule has 0 aromatic carbocycles. The molecule has 4 aromatic heterocycles. The molecule has 0 aliphatic heterocycles. The molecular weight excluding hydrogens is 432 g/mol. The smallest absolute Gasteiger partial charge is 0.311 e. The summed E-state index contributed by atoms with van der Waals surface area (Å²) in [5.74, 6) is -3.92. The van der Waals surface area contributed by atoms with Crippen molar-refractivity contribution in [2.75, 3.05) is 6.61 Å². The molecule has 1 unspecified atom stereocenters. The number of carbonyl (C=O) groups is 1. The first kappa shape index (κ1) is 22.3. The van der Waals surface area contributed by atoms with E-state index in [-0.39, 0.29) is 12.2 Å². The number of fused-ring (bicyclic) bond motifs is 1. The molecule has 2 N–H and O–H groups in total. The van der Waals surface area contributed by atoms with E-state index in [0.29, 0.717) is 17.0 Å². The third kappa shape index (κ3) is 4.65. The molecule has 8 nitrogen and oxygen atoms in total. The molecule has 0 saturated heterocycles. The molecule has 0 aliphatic carbocycles. The second-order valence-corrected chi connectivity index (χ2v) is 7.31. The quantitative estimate of drug-likeness (QED) is 0.426. The minimum Gasteiger partial charge on any atom is -0.487 e. The number of amides is 1. The number of carbonyl (C=O) groups excluding carboxylic acids is 1. The molecule has 4 aromatic rings. The highest BCUT2D eigenvalue weighted by atomic mass is 19.3. The van der Waals surface area contributed by atoms with E-state index in [2.05, 4.69) is 20.4 Å². The van der Waals surface area contributed by atoms with Crippen molar-refractivity contribution in [2.24, 2.45) is 0 Å². The van der Waals surface area contributed by atoms with Crippen LogP contribution in [-0.4, -0.2) is 43.2 Å². The van der Waals surface area contributed by atoms with Gasteiger partial charge in [0.25, 0.3) is 5.91 Å². The largest absolute Gasteiger partial charge is 0.487 e. The monoisotopic (exact) mass is 453 g/mol. The van der Waals surface area contributed by atoms with Gasteiger partial charge in [-0.2, -0.15) is 13.9 Å². The van der Waals surface area contributed by atoms with Crippen LogP contribution in [0.3, 0.4) is 0 Å². The van der Waals surface area contributed by atoms with E-state index in [1.807, 2.05) is 12.1 Å². The van der Waals surface area contributed by atoms with E-state index in [4.69, 9.17) is 4.74 Å². The number of pyridine rings is 3. The fourth-order valence-electron chi connectivity index (χ4n) is 3.38. The molecule has 1 atom stereocenters. The van der Waals surface area contributed by atoms with E-state index >= 15 is 0 Å². The number of ether oxygens (including phenoxy) is 1. The van der Waals surface area contributed by atoms with Crippen molar-refractivity contribution < 1.29 is 23.4 Å². The Kier molecular flexibility index (Phi) is 6.27. The van der Waals surface area contributed by atoms with Gasteiger partial charge in [-0.3, -0.25) is 14.8 Å². The Labute approximate surface area is 187 Å². The lowest BCUT2D eigenvalue weighted by Crippen LogP contribution is -2.48. The Morgan fingerprint density at radius 3 is 2.61 bits per heavy atom. The Balaban J connectivity index is 1.58. The van der Waals surface area contributed by atoms with E-state index in [1.54, 1.807) is 37.5 Å². The average Bonchev–Trinajstić information content (AvgIpc) is 3.17. The number of hydrogen-bond donors (Lipinski definition) is 2. The maximum Gasteiger partial charge on any atom is 0.311 e. The van der Waals surface area contributed by atoms with Crippen LogP contribution in [0.2, 0.25) is 0 Å². The predicted octanol–water partition coefficient (Wildman–Crippen LogP) is 2.89. The number of aromatic nitrogens is 4. The van der Waals surface area contributed by atoms with Crippen molar-refractivity contribution >= 4 is 11.4 Å². The van der Waals surface area contributed by atoms with Gasteiger partial charge < -0.3 is 15.2 Å². The third-order valence-electron chi connectivity index (χ3n) is 5.05. The summed E-state index contributed by atoms with van der Waals surface area (Å²) >= 11 is 0. The van der Waals surface area contributed by atoms with Crippen LogP contribution in [0.15, 0.2) is 67.1 Å². The van der Waals surface area contributed by atoms with Crippen molar-refractivity contribution in [3.05, 3.63) is 89.8 Å². The van der Waals surface area contributed by atoms with Gasteiger partial charge in [0, 0.05) is 24.7 Å². The molecule has 0 aliphatic rings. The van der Waals surface area contributed by atoms with Crippen LogP contribution in [0.25, 0.3) is 5.52 Å². The van der Waals surface area contributed by atoms with Crippen LogP contribution in [0.4, 0.5) is 8.78 Å². The number of aliphatic hydroxyl groups excluding tert-OH is 1. The number of nitrogens with one attached hydrogen (secondary N) is 1. The van der Waals surface area contributed by atoms with Crippen LogP contribution in [0, 0.1) is 6.92 Å². The van der Waals surface area contributed by atoms with Gasteiger partial charge in [0.15, 0.2) is 0 Å². The summed E-state index contributed by atoms with van der Waals surface area (Å²) in [6.45, 7) is 0.835. The van der Waals surface area contributed by atoms with Gasteiger partial charge in [-0.15, -0.1) is 0 Å². The first-order valence-corrected chi connectivity index (χ1v) is 10.1. The number of aliphatic hydroxyl groups is 1. The number of hydrogen-bond acceptors (Lipinski definition) is 6. The molecule has 0 bridgehead atoms. The molecule has 33 heavy (non-hydrogen) atoms. The van der Waals surface area contributed by atoms with E-state index in [1.165, 1.54) is 22.8 Å². The summed E-state index contributed by atoms with van der Waals surface area (Å²) in [4.78, 5) is 20.9. The van der Waals surface area contributed by atoms with Crippen LogP contribution in [0.1, 0.15) is 27.4 Å². The van der Waals surface area contributed by atoms with E-state index in [9.17, 15) is 18.7 Å². The second kappa shape index (κ2) is 9.29. The molecule has 10 heteroatoms. The van der Waals surface area contributed by atoms with Crippen molar-refractivity contribution in [2.45, 2.75) is 25.5 Å². The summed E-state index contributed by atoms with van der Waals surface area (Å²) in [5, 5.41) is 16.1. The van der Waals surface area contributed by atoms with Gasteiger partial charge >= 0.3 is 5.92 Å². The normalized spacial score (nSPS) is 12.5. The Bertz CT molecular complexity index is 1250. The molecule has 0 saturated carbocycles. The van der Waals surface area contributed by atoms with Crippen molar-refractivity contribution in [3.63, 3.8) is 0 Å². The van der Waals surface area contributed by atoms with Gasteiger partial charge in [0.05, 0.1) is 29.1 Å². The lowest BCUT2D eigenvalue weighted by Gasteiger charge is -2.25. The number of aryl methyl sites for hydroxylation is 1. The molecule has 1 amide bonds. The number of halogens is 2. The summed E-state index contributed by atoms with van der Waals surface area (Å²) < 4.78 is 37.0. The Hall–Kier alpha value is -3.92. The minimum atomic E-state index is -3.58. The first-order valence-electron chi connectivity index (χ1n) is 10.1. The van der Waals surface area contributed by atoms with Crippen molar-refractivity contribution in [3.8, 4) is 5.75 Å². The standard InChI is InChI=1S/C23H21F2N5O3/c1-15-21(22(32)28-20(13-31)23(24,25)19-7-3-5-10-27-19)18-12-17(8-11-30(18)29-15)33-14-16-6-2-4-9-26-16/h2-12,20,31H,13-14H2,1H3,(H,28,32).